The molecule has 43 heavy (non-hydrogen) atoms. The Bertz CT molecular complexity index is 1690. The number of aryl methyl sites for hydroxylation is 3. The minimum Gasteiger partial charge on any atom is -0.357 e. The van der Waals surface area contributed by atoms with Crippen LogP contribution in [0.5, 0.6) is 0 Å². The van der Waals surface area contributed by atoms with Crippen molar-refractivity contribution in [2.45, 2.75) is 44.7 Å². The molecule has 224 valence electrons. The smallest absolute Gasteiger partial charge is 0.264 e. The molecule has 0 aromatic heterocycles. The molecule has 0 saturated carbocycles. The van der Waals surface area contributed by atoms with Gasteiger partial charge in [-0.05, 0) is 79.4 Å². The van der Waals surface area contributed by atoms with Crippen LogP contribution in [0.1, 0.15) is 27.8 Å². The molecule has 4 aromatic carbocycles. The van der Waals surface area contributed by atoms with Gasteiger partial charge in [-0.25, -0.2) is 8.42 Å². The van der Waals surface area contributed by atoms with Crippen LogP contribution in [0.2, 0.25) is 5.02 Å². The fraction of sp³-hybridized carbons (Fsp3) is 0.235. The normalized spacial score (nSPS) is 11.9. The number of anilines is 1. The van der Waals surface area contributed by atoms with Gasteiger partial charge in [0.1, 0.15) is 12.6 Å². The van der Waals surface area contributed by atoms with E-state index in [4.69, 9.17) is 11.6 Å². The average Bonchev–Trinajstić information content (AvgIpc) is 2.99. The first kappa shape index (κ1) is 31.8. The lowest BCUT2D eigenvalue weighted by molar-refractivity contribution is -0.139. The second-order valence-electron chi connectivity index (χ2n) is 10.6. The number of nitrogens with zero attached hydrogens (tertiary/aromatic N) is 2. The summed E-state index contributed by atoms with van der Waals surface area (Å²) in [5.74, 6) is -0.892. The van der Waals surface area contributed by atoms with E-state index in [1.807, 2.05) is 63.2 Å². The highest BCUT2D eigenvalue weighted by molar-refractivity contribution is 7.92. The van der Waals surface area contributed by atoms with Gasteiger partial charge in [-0.3, -0.25) is 13.9 Å². The number of carbonyl (C=O) groups excluding carboxylic acids is 2. The van der Waals surface area contributed by atoms with Gasteiger partial charge in [-0.15, -0.1) is 0 Å². The van der Waals surface area contributed by atoms with Crippen LogP contribution in [0.25, 0.3) is 0 Å². The zero-order chi connectivity index (χ0) is 31.1. The number of rotatable bonds is 11. The topological polar surface area (TPSA) is 86.8 Å². The summed E-state index contributed by atoms with van der Waals surface area (Å²) in [5, 5.41) is 3.18. The van der Waals surface area contributed by atoms with Crippen LogP contribution in [-0.4, -0.2) is 44.8 Å². The van der Waals surface area contributed by atoms with E-state index < -0.39 is 28.5 Å². The number of carbonyl (C=O) groups is 2. The summed E-state index contributed by atoms with van der Waals surface area (Å²) in [6.45, 7) is 5.25. The number of sulfonamides is 1. The van der Waals surface area contributed by atoms with Gasteiger partial charge in [0.05, 0.1) is 10.6 Å². The van der Waals surface area contributed by atoms with Gasteiger partial charge >= 0.3 is 0 Å². The third-order valence-electron chi connectivity index (χ3n) is 7.43. The van der Waals surface area contributed by atoms with Crippen molar-refractivity contribution in [1.82, 2.24) is 10.2 Å². The van der Waals surface area contributed by atoms with Crippen molar-refractivity contribution in [3.63, 3.8) is 0 Å². The highest BCUT2D eigenvalue weighted by atomic mass is 35.5. The number of likely N-dealkylation sites (N-methyl/N-ethyl adjacent to an activating group) is 1. The van der Waals surface area contributed by atoms with Crippen LogP contribution < -0.4 is 9.62 Å². The van der Waals surface area contributed by atoms with Crippen LogP contribution in [0.4, 0.5) is 5.69 Å². The largest absolute Gasteiger partial charge is 0.357 e. The Morgan fingerprint density at radius 3 is 2.12 bits per heavy atom. The number of amides is 2. The van der Waals surface area contributed by atoms with Crippen LogP contribution in [-0.2, 0) is 32.6 Å². The molecule has 0 heterocycles. The lowest BCUT2D eigenvalue weighted by Gasteiger charge is -2.33. The van der Waals surface area contributed by atoms with Crippen molar-refractivity contribution in [2.24, 2.45) is 0 Å². The van der Waals surface area contributed by atoms with Gasteiger partial charge in [0.2, 0.25) is 11.8 Å². The standard InChI is InChI=1S/C34H36ClN3O4S/c1-24-13-17-31(18-14-24)43(41,42)38(30-16-15-25(2)26(3)19-30)23-33(39)37(22-28-11-8-12-29(35)20-28)32(34(40)36-4)21-27-9-6-5-7-10-27/h5-20,32H,21-23H2,1-4H3,(H,36,40). The molecule has 0 radical (unpaired) electrons. The van der Waals surface area contributed by atoms with Gasteiger partial charge in [0.15, 0.2) is 0 Å². The van der Waals surface area contributed by atoms with Crippen molar-refractivity contribution in [1.29, 1.82) is 0 Å². The molecule has 0 spiro atoms. The van der Waals surface area contributed by atoms with E-state index in [1.165, 1.54) is 24.1 Å². The molecule has 0 bridgehead atoms. The minimum atomic E-state index is -4.15. The van der Waals surface area contributed by atoms with Crippen molar-refractivity contribution >= 4 is 39.1 Å². The van der Waals surface area contributed by atoms with Gasteiger partial charge in [0.25, 0.3) is 10.0 Å². The summed E-state index contributed by atoms with van der Waals surface area (Å²) in [6.07, 6.45) is 0.237. The van der Waals surface area contributed by atoms with E-state index in [1.54, 1.807) is 42.5 Å². The van der Waals surface area contributed by atoms with E-state index in [0.717, 1.165) is 26.6 Å². The lowest BCUT2D eigenvalue weighted by Crippen LogP contribution is -2.53. The molecular formula is C34H36ClN3O4S. The Morgan fingerprint density at radius 1 is 0.814 bits per heavy atom. The maximum atomic E-state index is 14.4. The first-order valence-electron chi connectivity index (χ1n) is 14.0. The van der Waals surface area contributed by atoms with Crippen LogP contribution in [0.3, 0.4) is 0 Å². The third-order valence-corrected chi connectivity index (χ3v) is 9.45. The minimum absolute atomic E-state index is 0.0512. The molecule has 1 unspecified atom stereocenters. The summed E-state index contributed by atoms with van der Waals surface area (Å²) in [6, 6.07) is 27.3. The molecule has 7 nitrogen and oxygen atoms in total. The molecule has 2 amide bonds. The first-order chi connectivity index (χ1) is 20.5. The monoisotopic (exact) mass is 617 g/mol. The van der Waals surface area contributed by atoms with E-state index in [9.17, 15) is 18.0 Å². The second-order valence-corrected chi connectivity index (χ2v) is 12.9. The molecule has 0 aliphatic rings. The predicted octanol–water partition coefficient (Wildman–Crippen LogP) is 5.85. The van der Waals surface area contributed by atoms with E-state index >= 15 is 0 Å². The molecule has 1 N–H and O–H groups in total. The maximum Gasteiger partial charge on any atom is 0.264 e. The summed E-state index contributed by atoms with van der Waals surface area (Å²) in [7, 11) is -2.64. The van der Waals surface area contributed by atoms with Crippen LogP contribution in [0.15, 0.2) is 102 Å². The highest BCUT2D eigenvalue weighted by Crippen LogP contribution is 2.27. The number of nitrogens with one attached hydrogen (secondary N) is 1. The zero-order valence-electron chi connectivity index (χ0n) is 24.7. The summed E-state index contributed by atoms with van der Waals surface area (Å²) in [4.78, 5) is 29.2. The van der Waals surface area contributed by atoms with Gasteiger partial charge in [-0.1, -0.05) is 77.8 Å². The fourth-order valence-electron chi connectivity index (χ4n) is 4.80. The van der Waals surface area contributed by atoms with Crippen molar-refractivity contribution in [2.75, 3.05) is 17.9 Å². The Balaban J connectivity index is 1.80. The Labute approximate surface area is 259 Å². The molecule has 4 rings (SSSR count). The summed E-state index contributed by atoms with van der Waals surface area (Å²) in [5.41, 5.74) is 4.72. The van der Waals surface area contributed by atoms with Crippen molar-refractivity contribution < 1.29 is 18.0 Å². The second kappa shape index (κ2) is 13.9. The number of hydrogen-bond acceptors (Lipinski definition) is 4. The molecule has 1 atom stereocenters. The van der Waals surface area contributed by atoms with Crippen molar-refractivity contribution in [3.05, 3.63) is 130 Å². The molecule has 0 fully saturated rings. The summed E-state index contributed by atoms with van der Waals surface area (Å²) >= 11 is 6.27. The van der Waals surface area contributed by atoms with Gasteiger partial charge in [0, 0.05) is 25.0 Å². The quantitative estimate of drug-likeness (QED) is 0.229. The highest BCUT2D eigenvalue weighted by Gasteiger charge is 2.34. The van der Waals surface area contributed by atoms with E-state index in [0.29, 0.717) is 16.3 Å². The number of hydrogen-bond donors (Lipinski definition) is 1. The average molecular weight is 618 g/mol. The van der Waals surface area contributed by atoms with Gasteiger partial charge in [-0.2, -0.15) is 0 Å². The maximum absolute atomic E-state index is 14.4. The number of benzene rings is 4. The molecule has 0 aliphatic heterocycles. The third kappa shape index (κ3) is 7.83. The zero-order valence-corrected chi connectivity index (χ0v) is 26.3. The fourth-order valence-corrected chi connectivity index (χ4v) is 6.42. The number of halogens is 1. The van der Waals surface area contributed by atoms with E-state index in [-0.39, 0.29) is 23.8 Å². The first-order valence-corrected chi connectivity index (χ1v) is 15.8. The Hall–Kier alpha value is -4.14. The molecular weight excluding hydrogens is 582 g/mol. The molecule has 9 heteroatoms. The van der Waals surface area contributed by atoms with Crippen LogP contribution >= 0.6 is 11.6 Å². The molecule has 4 aromatic rings. The van der Waals surface area contributed by atoms with Crippen LogP contribution in [0, 0.1) is 20.8 Å². The predicted molar refractivity (Wildman–Crippen MR) is 172 cm³/mol. The summed E-state index contributed by atoms with van der Waals surface area (Å²) < 4.78 is 29.3. The lowest BCUT2D eigenvalue weighted by atomic mass is 10.0. The van der Waals surface area contributed by atoms with E-state index in [2.05, 4.69) is 5.32 Å². The Morgan fingerprint density at radius 2 is 1.49 bits per heavy atom. The molecule has 0 aliphatic carbocycles. The van der Waals surface area contributed by atoms with Crippen molar-refractivity contribution in [3.8, 4) is 0 Å². The SMILES string of the molecule is CNC(=O)C(Cc1ccccc1)N(Cc1cccc(Cl)c1)C(=O)CN(c1ccc(C)c(C)c1)S(=O)(=O)c1ccc(C)cc1. The molecule has 0 saturated heterocycles. The van der Waals surface area contributed by atoms with Gasteiger partial charge < -0.3 is 10.2 Å². The Kier molecular flexibility index (Phi) is 10.3.